The molecule has 122 valence electrons. The molecule has 3 rings (SSSR count). The van der Waals surface area contributed by atoms with Crippen molar-refractivity contribution in [1.82, 2.24) is 4.90 Å². The van der Waals surface area contributed by atoms with Gasteiger partial charge in [0.1, 0.15) is 5.70 Å². The lowest BCUT2D eigenvalue weighted by Gasteiger charge is -2.19. The van der Waals surface area contributed by atoms with Crippen molar-refractivity contribution in [3.05, 3.63) is 70.3 Å². The van der Waals surface area contributed by atoms with Crippen molar-refractivity contribution in [2.24, 2.45) is 0 Å². The van der Waals surface area contributed by atoms with Crippen LogP contribution < -0.4 is 5.32 Å². The summed E-state index contributed by atoms with van der Waals surface area (Å²) in [5.74, 6) is -0.562. The maximum absolute atomic E-state index is 12.8. The molecular weight excluding hydrogens is 368 g/mol. The van der Waals surface area contributed by atoms with Gasteiger partial charge in [-0.15, -0.1) is 0 Å². The number of carbonyl (C=O) groups is 2. The van der Waals surface area contributed by atoms with Crippen LogP contribution >= 0.6 is 15.9 Å². The lowest BCUT2D eigenvalue weighted by molar-refractivity contribution is -0.138. The predicted octanol–water partition coefficient (Wildman–Crippen LogP) is 4.05. The molecule has 2 aromatic rings. The normalized spacial score (nSPS) is 14.8. The first-order chi connectivity index (χ1) is 11.5. The SMILES string of the molecule is CC(C)N1C(=O)C(Nc2cccc(Br)c2)=C(c2ccccc2)C1=O. The second-order valence-electron chi connectivity index (χ2n) is 5.83. The van der Waals surface area contributed by atoms with E-state index in [0.717, 1.165) is 15.7 Å². The molecule has 1 N–H and O–H groups in total. The third-order valence-electron chi connectivity index (χ3n) is 3.79. The molecule has 0 saturated carbocycles. The summed E-state index contributed by atoms with van der Waals surface area (Å²) in [6, 6.07) is 16.6. The highest BCUT2D eigenvalue weighted by Crippen LogP contribution is 2.31. The quantitative estimate of drug-likeness (QED) is 0.808. The highest BCUT2D eigenvalue weighted by molar-refractivity contribution is 9.10. The number of anilines is 1. The molecule has 5 heteroatoms. The van der Waals surface area contributed by atoms with Gasteiger partial charge in [-0.2, -0.15) is 0 Å². The van der Waals surface area contributed by atoms with Crippen LogP contribution in [0, 0.1) is 0 Å². The van der Waals surface area contributed by atoms with Crippen molar-refractivity contribution in [2.45, 2.75) is 19.9 Å². The summed E-state index contributed by atoms with van der Waals surface area (Å²) in [5.41, 5.74) is 2.21. The van der Waals surface area contributed by atoms with E-state index in [1.165, 1.54) is 4.90 Å². The van der Waals surface area contributed by atoms with Crippen LogP contribution in [0.1, 0.15) is 19.4 Å². The number of halogens is 1. The zero-order valence-electron chi connectivity index (χ0n) is 13.4. The first-order valence-electron chi connectivity index (χ1n) is 7.69. The summed E-state index contributed by atoms with van der Waals surface area (Å²) in [5, 5.41) is 3.13. The van der Waals surface area contributed by atoms with Crippen molar-refractivity contribution in [1.29, 1.82) is 0 Å². The number of hydrogen-bond donors (Lipinski definition) is 1. The summed E-state index contributed by atoms with van der Waals surface area (Å²) in [6.07, 6.45) is 0. The summed E-state index contributed by atoms with van der Waals surface area (Å²) in [6.45, 7) is 3.67. The molecule has 0 aliphatic carbocycles. The van der Waals surface area contributed by atoms with E-state index < -0.39 is 0 Å². The average Bonchev–Trinajstić information content (AvgIpc) is 2.79. The molecule has 0 bridgehead atoms. The highest BCUT2D eigenvalue weighted by atomic mass is 79.9. The Balaban J connectivity index is 2.10. The van der Waals surface area contributed by atoms with Gasteiger partial charge in [0, 0.05) is 16.2 Å². The van der Waals surface area contributed by atoms with Crippen molar-refractivity contribution >= 4 is 39.0 Å². The van der Waals surface area contributed by atoms with E-state index in [1.807, 2.05) is 68.4 Å². The maximum atomic E-state index is 12.8. The van der Waals surface area contributed by atoms with Gasteiger partial charge in [-0.3, -0.25) is 14.5 Å². The van der Waals surface area contributed by atoms with Gasteiger partial charge in [0.05, 0.1) is 5.57 Å². The molecule has 0 atom stereocenters. The van der Waals surface area contributed by atoms with Gasteiger partial charge in [0.25, 0.3) is 11.8 Å². The molecule has 1 heterocycles. The van der Waals surface area contributed by atoms with Crippen molar-refractivity contribution in [2.75, 3.05) is 5.32 Å². The monoisotopic (exact) mass is 384 g/mol. The fourth-order valence-corrected chi connectivity index (χ4v) is 3.11. The molecular formula is C19H17BrN2O2. The number of nitrogens with zero attached hydrogens (tertiary/aromatic N) is 1. The van der Waals surface area contributed by atoms with Crippen molar-refractivity contribution < 1.29 is 9.59 Å². The van der Waals surface area contributed by atoms with Gasteiger partial charge in [0.15, 0.2) is 0 Å². The molecule has 0 aromatic heterocycles. The third kappa shape index (κ3) is 2.99. The number of rotatable bonds is 4. The van der Waals surface area contributed by atoms with Gasteiger partial charge in [-0.1, -0.05) is 52.3 Å². The Morgan fingerprint density at radius 1 is 0.958 bits per heavy atom. The van der Waals surface area contributed by atoms with E-state index in [4.69, 9.17) is 0 Å². The van der Waals surface area contributed by atoms with E-state index in [9.17, 15) is 9.59 Å². The number of amides is 2. The molecule has 1 aliphatic heterocycles. The van der Waals surface area contributed by atoms with E-state index in [-0.39, 0.29) is 17.9 Å². The fourth-order valence-electron chi connectivity index (χ4n) is 2.72. The summed E-state index contributed by atoms with van der Waals surface area (Å²) >= 11 is 3.42. The number of carbonyl (C=O) groups excluding carboxylic acids is 2. The van der Waals surface area contributed by atoms with Gasteiger partial charge in [0.2, 0.25) is 0 Å². The van der Waals surface area contributed by atoms with Gasteiger partial charge >= 0.3 is 0 Å². The molecule has 2 aromatic carbocycles. The van der Waals surface area contributed by atoms with Crippen molar-refractivity contribution in [3.63, 3.8) is 0 Å². The van der Waals surface area contributed by atoms with E-state index >= 15 is 0 Å². The topological polar surface area (TPSA) is 49.4 Å². The number of hydrogen-bond acceptors (Lipinski definition) is 3. The van der Waals surface area contributed by atoms with Crippen LogP contribution in [0.5, 0.6) is 0 Å². The van der Waals surface area contributed by atoms with Crippen LogP contribution in [-0.4, -0.2) is 22.8 Å². The summed E-state index contributed by atoms with van der Waals surface area (Å²) in [7, 11) is 0. The molecule has 0 fully saturated rings. The average molecular weight is 385 g/mol. The molecule has 1 aliphatic rings. The minimum Gasteiger partial charge on any atom is -0.350 e. The first kappa shape index (κ1) is 16.5. The summed E-state index contributed by atoms with van der Waals surface area (Å²) in [4.78, 5) is 26.9. The number of imide groups is 1. The van der Waals surface area contributed by atoms with Gasteiger partial charge in [-0.05, 0) is 37.6 Å². The third-order valence-corrected chi connectivity index (χ3v) is 4.28. The molecule has 0 unspecified atom stereocenters. The van der Waals surface area contributed by atoms with Crippen molar-refractivity contribution in [3.8, 4) is 0 Å². The van der Waals surface area contributed by atoms with Crippen LogP contribution in [0.3, 0.4) is 0 Å². The van der Waals surface area contributed by atoms with Gasteiger partial charge < -0.3 is 5.32 Å². The number of benzene rings is 2. The van der Waals surface area contributed by atoms with Crippen LogP contribution in [0.25, 0.3) is 5.57 Å². The lowest BCUT2D eigenvalue weighted by Crippen LogP contribution is -2.38. The van der Waals surface area contributed by atoms with E-state index in [1.54, 1.807) is 0 Å². The number of nitrogens with one attached hydrogen (secondary N) is 1. The van der Waals surface area contributed by atoms with Gasteiger partial charge in [-0.25, -0.2) is 0 Å². The Hall–Kier alpha value is -2.40. The molecule has 0 saturated heterocycles. The minimum absolute atomic E-state index is 0.203. The molecule has 24 heavy (non-hydrogen) atoms. The lowest BCUT2D eigenvalue weighted by atomic mass is 10.0. The Morgan fingerprint density at radius 2 is 1.67 bits per heavy atom. The standard InChI is InChI=1S/C19H17BrN2O2/c1-12(2)22-18(23)16(13-7-4-3-5-8-13)17(19(22)24)21-15-10-6-9-14(20)11-15/h3-12,21H,1-2H3. The van der Waals surface area contributed by atoms with Crippen LogP contribution in [0.15, 0.2) is 64.8 Å². The van der Waals surface area contributed by atoms with E-state index in [0.29, 0.717) is 11.3 Å². The summed E-state index contributed by atoms with van der Waals surface area (Å²) < 4.78 is 0.895. The maximum Gasteiger partial charge on any atom is 0.278 e. The predicted molar refractivity (Wildman–Crippen MR) is 98.1 cm³/mol. The molecule has 2 amide bonds. The molecule has 0 radical (unpaired) electrons. The van der Waals surface area contributed by atoms with Crippen LogP contribution in [0.2, 0.25) is 0 Å². The van der Waals surface area contributed by atoms with E-state index in [2.05, 4.69) is 21.2 Å². The minimum atomic E-state index is -0.297. The van der Waals surface area contributed by atoms with Crippen LogP contribution in [-0.2, 0) is 9.59 Å². The Morgan fingerprint density at radius 3 is 2.29 bits per heavy atom. The first-order valence-corrected chi connectivity index (χ1v) is 8.48. The second kappa shape index (κ2) is 6.61. The second-order valence-corrected chi connectivity index (χ2v) is 6.74. The largest absolute Gasteiger partial charge is 0.350 e. The molecule has 0 spiro atoms. The van der Waals surface area contributed by atoms with Crippen LogP contribution in [0.4, 0.5) is 5.69 Å². The molecule has 4 nitrogen and oxygen atoms in total. The fraction of sp³-hybridized carbons (Fsp3) is 0.158. The smallest absolute Gasteiger partial charge is 0.278 e. The zero-order valence-corrected chi connectivity index (χ0v) is 15.0. The zero-order chi connectivity index (χ0) is 17.3. The Labute approximate surface area is 149 Å². The Bertz CT molecular complexity index is 828. The highest BCUT2D eigenvalue weighted by Gasteiger charge is 2.40. The Kier molecular flexibility index (Phi) is 4.53.